The van der Waals surface area contributed by atoms with E-state index in [4.69, 9.17) is 18.9 Å². The summed E-state index contributed by atoms with van der Waals surface area (Å²) in [7, 11) is 0. The van der Waals surface area contributed by atoms with Gasteiger partial charge in [-0.25, -0.2) is 24.4 Å². The molecule has 0 radical (unpaired) electrons. The molecule has 2 amide bonds. The van der Waals surface area contributed by atoms with Gasteiger partial charge in [0.15, 0.2) is 11.9 Å². The molecule has 3 aromatic carbocycles. The number of carbonyl (C=O) groups is 3. The van der Waals surface area contributed by atoms with Crippen LogP contribution in [0.15, 0.2) is 109 Å². The summed E-state index contributed by atoms with van der Waals surface area (Å²) in [6, 6.07) is 25.0. The van der Waals surface area contributed by atoms with Gasteiger partial charge in [-0.3, -0.25) is 4.90 Å². The number of carbonyl (C=O) groups excluding carboxylic acids is 3. The van der Waals surface area contributed by atoms with Crippen LogP contribution in [-0.2, 0) is 29.3 Å². The van der Waals surface area contributed by atoms with Crippen LogP contribution >= 0.6 is 0 Å². The number of fused-ring (bicyclic) bond motifs is 1. The van der Waals surface area contributed by atoms with Gasteiger partial charge in [-0.1, -0.05) is 105 Å². The maximum atomic E-state index is 14.7. The van der Waals surface area contributed by atoms with Gasteiger partial charge in [-0.05, 0) is 74.8 Å². The highest BCUT2D eigenvalue weighted by molar-refractivity contribution is 5.88. The molecule has 1 aliphatic rings. The summed E-state index contributed by atoms with van der Waals surface area (Å²) >= 11 is 0. The number of benzene rings is 3. The number of alkyl carbamates (subject to hydrolysis) is 1. The van der Waals surface area contributed by atoms with Crippen molar-refractivity contribution in [2.75, 3.05) is 6.61 Å². The number of rotatable bonds is 12. The summed E-state index contributed by atoms with van der Waals surface area (Å²) in [6.45, 7) is 13.4. The number of esters is 1. The van der Waals surface area contributed by atoms with Crippen LogP contribution in [0.2, 0.25) is 0 Å². The lowest BCUT2D eigenvalue weighted by atomic mass is 9.80. The third-order valence-corrected chi connectivity index (χ3v) is 10.1. The van der Waals surface area contributed by atoms with Gasteiger partial charge in [0.05, 0.1) is 29.7 Å². The van der Waals surface area contributed by atoms with Gasteiger partial charge in [0.1, 0.15) is 35.3 Å². The van der Waals surface area contributed by atoms with E-state index < -0.39 is 71.2 Å². The smallest absolute Gasteiger partial charge is 0.411 e. The topological polar surface area (TPSA) is 214 Å². The molecule has 1 aliphatic heterocycles. The highest BCUT2D eigenvalue weighted by Gasteiger charge is 2.56. The number of aliphatic hydroxyl groups is 1. The minimum atomic E-state index is -1.63. The lowest BCUT2D eigenvalue weighted by molar-refractivity contribution is -0.160. The van der Waals surface area contributed by atoms with E-state index in [1.54, 1.807) is 55.4 Å². The molecule has 16 nitrogen and oxygen atoms in total. The highest BCUT2D eigenvalue weighted by atomic mass is 16.6. The summed E-state index contributed by atoms with van der Waals surface area (Å²) in [6.07, 6.45) is -2.07. The first-order valence-corrected chi connectivity index (χ1v) is 20.0. The molecule has 320 valence electrons. The summed E-state index contributed by atoms with van der Waals surface area (Å²) in [5, 5.41) is 18.9. The molecular weight excluding hydrogens is 781 g/mol. The largest absolute Gasteiger partial charge is 0.456 e. The number of hydrogen-bond acceptors (Lipinski definition) is 11. The molecule has 3 N–H and O–H groups in total. The Morgan fingerprint density at radius 1 is 0.869 bits per heavy atom. The molecule has 0 bridgehead atoms. The SMILES string of the molecule is CC(C)[C@H](NC(=O)OC(C)(C)C)C(=O)OC1C(O)C(c2c[nH]c3c(N=[N+]=[N-])ncnc23)N(C(=O)OC(C)(C)C)C1COC(c1ccccc1)(c1ccccc1)c1ccccc1. The van der Waals surface area contributed by atoms with Gasteiger partial charge in [0.25, 0.3) is 0 Å². The Labute approximate surface area is 354 Å². The minimum absolute atomic E-state index is 0.00993. The Morgan fingerprint density at radius 3 is 1.90 bits per heavy atom. The van der Waals surface area contributed by atoms with Crippen LogP contribution in [0, 0.1) is 5.92 Å². The van der Waals surface area contributed by atoms with Crippen LogP contribution < -0.4 is 5.32 Å². The Bertz CT molecular complexity index is 2260. The van der Waals surface area contributed by atoms with Gasteiger partial charge in [0, 0.05) is 16.7 Å². The first-order chi connectivity index (χ1) is 28.9. The molecule has 3 heterocycles. The third kappa shape index (κ3) is 9.62. The summed E-state index contributed by atoms with van der Waals surface area (Å²) in [5.74, 6) is -1.38. The summed E-state index contributed by atoms with van der Waals surface area (Å²) in [4.78, 5) is 57.9. The number of nitrogens with zero attached hydrogens (tertiary/aromatic N) is 6. The summed E-state index contributed by atoms with van der Waals surface area (Å²) in [5.41, 5.74) is 9.17. The monoisotopic (exact) mass is 832 g/mol. The highest BCUT2D eigenvalue weighted by Crippen LogP contribution is 2.45. The molecule has 0 aliphatic carbocycles. The Hall–Kier alpha value is -6.48. The van der Waals surface area contributed by atoms with Crippen molar-refractivity contribution in [1.82, 2.24) is 25.2 Å². The third-order valence-electron chi connectivity index (χ3n) is 10.1. The second kappa shape index (κ2) is 18.0. The molecule has 4 unspecified atom stereocenters. The second-order valence-corrected chi connectivity index (χ2v) is 17.1. The molecule has 2 aromatic heterocycles. The van der Waals surface area contributed by atoms with E-state index >= 15 is 0 Å². The van der Waals surface area contributed by atoms with Crippen LogP contribution in [0.4, 0.5) is 15.4 Å². The van der Waals surface area contributed by atoms with Gasteiger partial charge in [0.2, 0.25) is 0 Å². The number of likely N-dealkylation sites (tertiary alicyclic amines) is 1. The fourth-order valence-corrected chi connectivity index (χ4v) is 7.57. The molecule has 5 atom stereocenters. The van der Waals surface area contributed by atoms with Gasteiger partial charge < -0.3 is 34.4 Å². The Balaban J connectivity index is 1.53. The first-order valence-electron chi connectivity index (χ1n) is 20.0. The molecule has 5 aromatic rings. The number of azide groups is 1. The number of H-pyrrole nitrogens is 1. The van der Waals surface area contributed by atoms with Gasteiger partial charge in [-0.2, -0.15) is 0 Å². The van der Waals surface area contributed by atoms with Crippen molar-refractivity contribution in [2.24, 2.45) is 11.0 Å². The maximum Gasteiger partial charge on any atom is 0.411 e. The first kappa shape index (κ1) is 44.1. The fourth-order valence-electron chi connectivity index (χ4n) is 7.57. The van der Waals surface area contributed by atoms with Crippen LogP contribution in [0.1, 0.15) is 83.7 Å². The standard InChI is InChI=1S/C45H52N8O8/c1-27(2)33(50-41(56)60-43(3,4)5)40(55)59-38-32(25-58-45(28-18-12-9-13-19-28,29-20-14-10-15-21-29)30-22-16-11-17-23-30)53(42(57)61-44(6,7)8)36(37(38)54)31-24-47-35-34(31)48-26-49-39(35)51-52-46/h9-24,26-27,32-33,36-38,47,54H,25H2,1-8H3,(H,50,56)/t32?,33-,36?,37?,38?/m0/s1. The van der Waals surface area contributed by atoms with Crippen LogP contribution in [0.3, 0.4) is 0 Å². The van der Waals surface area contributed by atoms with Gasteiger partial charge >= 0.3 is 18.2 Å². The molecule has 0 saturated carbocycles. The lowest BCUT2D eigenvalue weighted by Gasteiger charge is -2.39. The average molecular weight is 833 g/mol. The van der Waals surface area contributed by atoms with Gasteiger partial charge in [-0.15, -0.1) is 0 Å². The molecule has 0 spiro atoms. The van der Waals surface area contributed by atoms with Crippen LogP contribution in [-0.4, -0.2) is 85.2 Å². The van der Waals surface area contributed by atoms with Crippen molar-refractivity contribution >= 4 is 35.0 Å². The maximum absolute atomic E-state index is 14.7. The summed E-state index contributed by atoms with van der Waals surface area (Å²) < 4.78 is 25.0. The van der Waals surface area contributed by atoms with Crippen molar-refractivity contribution in [1.29, 1.82) is 0 Å². The van der Waals surface area contributed by atoms with Crippen LogP contribution in [0.5, 0.6) is 0 Å². The van der Waals surface area contributed by atoms with E-state index in [1.165, 1.54) is 17.4 Å². The molecule has 16 heteroatoms. The van der Waals surface area contributed by atoms with E-state index in [0.29, 0.717) is 5.56 Å². The van der Waals surface area contributed by atoms with Crippen molar-refractivity contribution < 1.29 is 38.4 Å². The molecule has 1 saturated heterocycles. The van der Waals surface area contributed by atoms with Crippen LogP contribution in [0.25, 0.3) is 21.5 Å². The number of aliphatic hydroxyl groups excluding tert-OH is 1. The minimum Gasteiger partial charge on any atom is -0.456 e. The molecule has 1 fully saturated rings. The predicted molar refractivity (Wildman–Crippen MR) is 226 cm³/mol. The number of aromatic nitrogens is 3. The molecule has 61 heavy (non-hydrogen) atoms. The zero-order valence-electron chi connectivity index (χ0n) is 35.5. The van der Waals surface area contributed by atoms with E-state index in [9.17, 15) is 25.0 Å². The number of hydrogen-bond donors (Lipinski definition) is 3. The average Bonchev–Trinajstić information content (AvgIpc) is 3.75. The van der Waals surface area contributed by atoms with E-state index in [-0.39, 0.29) is 23.5 Å². The lowest BCUT2D eigenvalue weighted by Crippen LogP contribution is -2.52. The molecular formula is C45H52N8O8. The number of aromatic amines is 1. The predicted octanol–water partition coefficient (Wildman–Crippen LogP) is 8.39. The Morgan fingerprint density at radius 2 is 1.41 bits per heavy atom. The van der Waals surface area contributed by atoms with Crippen molar-refractivity contribution in [3.63, 3.8) is 0 Å². The normalized spacial score (nSPS) is 18.6. The second-order valence-electron chi connectivity index (χ2n) is 17.1. The quantitative estimate of drug-likeness (QED) is 0.0273. The Kier molecular flexibility index (Phi) is 13.0. The number of amides is 2. The zero-order valence-corrected chi connectivity index (χ0v) is 35.5. The number of nitrogens with one attached hydrogen (secondary N) is 2. The van der Waals surface area contributed by atoms with Crippen molar-refractivity contribution in [2.45, 2.75) is 103 Å². The zero-order chi connectivity index (χ0) is 44.1. The van der Waals surface area contributed by atoms with E-state index in [0.717, 1.165) is 16.7 Å². The van der Waals surface area contributed by atoms with Crippen molar-refractivity contribution in [3.8, 4) is 0 Å². The van der Waals surface area contributed by atoms with Crippen molar-refractivity contribution in [3.05, 3.63) is 136 Å². The van der Waals surface area contributed by atoms with E-state index in [2.05, 4.69) is 30.3 Å². The van der Waals surface area contributed by atoms with E-state index in [1.807, 2.05) is 91.0 Å². The molecule has 6 rings (SSSR count). The number of ether oxygens (including phenoxy) is 4. The fraction of sp³-hybridized carbons (Fsp3) is 0.400.